The number of likely N-dealkylation sites (tertiary alicyclic amines) is 1. The van der Waals surface area contributed by atoms with Crippen molar-refractivity contribution in [3.63, 3.8) is 0 Å². The number of amides is 1. The molecule has 1 amide bonds. The summed E-state index contributed by atoms with van der Waals surface area (Å²) in [5.41, 5.74) is 3.72. The first kappa shape index (κ1) is 19.2. The topological polar surface area (TPSA) is 39.7 Å². The van der Waals surface area contributed by atoms with Gasteiger partial charge in [0.1, 0.15) is 0 Å². The molecule has 1 atom stereocenters. The zero-order chi connectivity index (χ0) is 18.9. The Hall–Kier alpha value is -1.62. The number of aromatic nitrogens is 1. The molecule has 5 heteroatoms. The fourth-order valence-electron chi connectivity index (χ4n) is 4.31. The Kier molecular flexibility index (Phi) is 5.56. The molecule has 3 heterocycles. The van der Waals surface area contributed by atoms with Gasteiger partial charge in [-0.05, 0) is 37.3 Å². The van der Waals surface area contributed by atoms with Crippen molar-refractivity contribution >= 4 is 11.6 Å². The highest BCUT2D eigenvalue weighted by Crippen LogP contribution is 2.33. The number of anilines is 1. The second kappa shape index (κ2) is 7.55. The van der Waals surface area contributed by atoms with Crippen LogP contribution in [0.1, 0.15) is 58.0 Å². The zero-order valence-corrected chi connectivity index (χ0v) is 17.1. The summed E-state index contributed by atoms with van der Waals surface area (Å²) < 4.78 is 0. The number of carbonyl (C=O) groups is 1. The molecular weight excluding hydrogens is 324 g/mol. The Bertz CT molecular complexity index is 644. The number of pyridine rings is 1. The Labute approximate surface area is 158 Å². The molecule has 0 aromatic carbocycles. The number of rotatable bonds is 3. The van der Waals surface area contributed by atoms with Crippen LogP contribution in [0.25, 0.3) is 0 Å². The fraction of sp³-hybridized carbons (Fsp3) is 0.714. The van der Waals surface area contributed by atoms with Crippen LogP contribution in [-0.4, -0.2) is 60.0 Å². The number of hydrogen-bond donors (Lipinski definition) is 0. The van der Waals surface area contributed by atoms with Crippen LogP contribution >= 0.6 is 0 Å². The summed E-state index contributed by atoms with van der Waals surface area (Å²) in [6.07, 6.45) is 2.09. The molecule has 2 saturated heterocycles. The third kappa shape index (κ3) is 4.56. The van der Waals surface area contributed by atoms with E-state index in [1.807, 2.05) is 4.90 Å². The quantitative estimate of drug-likeness (QED) is 0.832. The van der Waals surface area contributed by atoms with Gasteiger partial charge in [-0.3, -0.25) is 14.7 Å². The van der Waals surface area contributed by atoms with E-state index >= 15 is 0 Å². The predicted octanol–water partition coefficient (Wildman–Crippen LogP) is 3.24. The molecule has 1 aromatic rings. The van der Waals surface area contributed by atoms with E-state index in [-0.39, 0.29) is 11.9 Å². The van der Waals surface area contributed by atoms with Gasteiger partial charge in [0, 0.05) is 57.6 Å². The number of nitrogens with zero attached hydrogens (tertiary/aromatic N) is 4. The molecular formula is C21H34N4O. The van der Waals surface area contributed by atoms with E-state index in [9.17, 15) is 4.79 Å². The van der Waals surface area contributed by atoms with Gasteiger partial charge < -0.3 is 9.80 Å². The lowest BCUT2D eigenvalue weighted by Gasteiger charge is -2.39. The van der Waals surface area contributed by atoms with Crippen molar-refractivity contribution in [1.29, 1.82) is 0 Å². The first-order chi connectivity index (χ1) is 12.2. The molecule has 0 bridgehead atoms. The Morgan fingerprint density at radius 3 is 2.46 bits per heavy atom. The van der Waals surface area contributed by atoms with Gasteiger partial charge in [0.2, 0.25) is 5.91 Å². The summed E-state index contributed by atoms with van der Waals surface area (Å²) >= 11 is 0. The van der Waals surface area contributed by atoms with Crippen molar-refractivity contribution in [2.45, 2.75) is 53.5 Å². The molecule has 3 rings (SSSR count). The maximum Gasteiger partial charge on any atom is 0.220 e. The van der Waals surface area contributed by atoms with Crippen molar-refractivity contribution in [1.82, 2.24) is 14.8 Å². The Balaban J connectivity index is 1.72. The van der Waals surface area contributed by atoms with Gasteiger partial charge in [0.25, 0.3) is 0 Å². The first-order valence-electron chi connectivity index (χ1n) is 9.96. The third-order valence-corrected chi connectivity index (χ3v) is 5.39. The monoisotopic (exact) mass is 358 g/mol. The van der Waals surface area contributed by atoms with Crippen LogP contribution in [0.2, 0.25) is 0 Å². The molecule has 0 radical (unpaired) electrons. The van der Waals surface area contributed by atoms with E-state index in [1.54, 1.807) is 6.92 Å². The minimum Gasteiger partial charge on any atom is -0.369 e. The number of carbonyl (C=O) groups excluding carboxylic acids is 1. The summed E-state index contributed by atoms with van der Waals surface area (Å²) in [6.45, 7) is 17.0. The SMILES string of the molecule is CC(=O)N1CCC[C@@H]1c1cc(N2CCN(CC(C)(C)C)CC2)cc(C)n1. The standard InChI is InChI=1S/C21H34N4O/c1-16-13-18(24-11-9-23(10-12-24)15-21(3,4)5)14-19(22-16)20-7-6-8-25(20)17(2)26/h13-14,20H,6-12,15H2,1-5H3/t20-/m1/s1. The highest BCUT2D eigenvalue weighted by Gasteiger charge is 2.30. The van der Waals surface area contributed by atoms with E-state index in [2.05, 4.69) is 49.6 Å². The molecule has 2 aliphatic rings. The summed E-state index contributed by atoms with van der Waals surface area (Å²) in [6, 6.07) is 4.56. The van der Waals surface area contributed by atoms with Crippen LogP contribution in [0.4, 0.5) is 5.69 Å². The fourth-order valence-corrected chi connectivity index (χ4v) is 4.31. The minimum absolute atomic E-state index is 0.147. The van der Waals surface area contributed by atoms with Crippen LogP contribution in [0.5, 0.6) is 0 Å². The summed E-state index contributed by atoms with van der Waals surface area (Å²) in [7, 11) is 0. The summed E-state index contributed by atoms with van der Waals surface area (Å²) in [4.78, 5) is 23.7. The predicted molar refractivity (Wildman–Crippen MR) is 106 cm³/mol. The Morgan fingerprint density at radius 2 is 1.85 bits per heavy atom. The average molecular weight is 359 g/mol. The van der Waals surface area contributed by atoms with Crippen molar-refractivity contribution in [3.05, 3.63) is 23.5 Å². The van der Waals surface area contributed by atoms with E-state index in [0.717, 1.165) is 63.5 Å². The van der Waals surface area contributed by atoms with E-state index < -0.39 is 0 Å². The second-order valence-electron chi connectivity index (χ2n) is 9.09. The largest absolute Gasteiger partial charge is 0.369 e. The zero-order valence-electron chi connectivity index (χ0n) is 17.1. The molecule has 5 nitrogen and oxygen atoms in total. The number of aryl methyl sites for hydroxylation is 1. The van der Waals surface area contributed by atoms with Crippen molar-refractivity contribution < 1.29 is 4.79 Å². The molecule has 0 spiro atoms. The lowest BCUT2D eigenvalue weighted by molar-refractivity contribution is -0.129. The maximum atomic E-state index is 11.9. The number of hydrogen-bond acceptors (Lipinski definition) is 4. The molecule has 0 aliphatic carbocycles. The molecule has 1 aromatic heterocycles. The van der Waals surface area contributed by atoms with Gasteiger partial charge in [-0.25, -0.2) is 0 Å². The summed E-state index contributed by atoms with van der Waals surface area (Å²) in [5.74, 6) is 0.160. The van der Waals surface area contributed by atoms with Crippen LogP contribution in [0.3, 0.4) is 0 Å². The van der Waals surface area contributed by atoms with Crippen LogP contribution in [0.15, 0.2) is 12.1 Å². The lowest BCUT2D eigenvalue weighted by Crippen LogP contribution is -2.48. The van der Waals surface area contributed by atoms with Crippen molar-refractivity contribution in [3.8, 4) is 0 Å². The minimum atomic E-state index is 0.147. The highest BCUT2D eigenvalue weighted by atomic mass is 16.2. The third-order valence-electron chi connectivity index (χ3n) is 5.39. The number of piperazine rings is 1. The molecule has 0 saturated carbocycles. The maximum absolute atomic E-state index is 11.9. The molecule has 144 valence electrons. The van der Waals surface area contributed by atoms with Crippen LogP contribution in [0, 0.1) is 12.3 Å². The Morgan fingerprint density at radius 1 is 1.15 bits per heavy atom. The molecule has 26 heavy (non-hydrogen) atoms. The average Bonchev–Trinajstić information content (AvgIpc) is 3.03. The van der Waals surface area contributed by atoms with Gasteiger partial charge in [-0.1, -0.05) is 20.8 Å². The van der Waals surface area contributed by atoms with Gasteiger partial charge in [-0.2, -0.15) is 0 Å². The van der Waals surface area contributed by atoms with Crippen molar-refractivity contribution in [2.75, 3.05) is 44.2 Å². The van der Waals surface area contributed by atoms with E-state index in [0.29, 0.717) is 5.41 Å². The van der Waals surface area contributed by atoms with Crippen LogP contribution in [-0.2, 0) is 4.79 Å². The molecule has 0 N–H and O–H groups in total. The second-order valence-corrected chi connectivity index (χ2v) is 9.09. The first-order valence-corrected chi connectivity index (χ1v) is 9.96. The molecule has 2 fully saturated rings. The summed E-state index contributed by atoms with van der Waals surface area (Å²) in [5, 5.41) is 0. The van der Waals surface area contributed by atoms with Gasteiger partial charge in [-0.15, -0.1) is 0 Å². The van der Waals surface area contributed by atoms with Gasteiger partial charge in [0.15, 0.2) is 0 Å². The normalized spacial score (nSPS) is 22.1. The molecule has 2 aliphatic heterocycles. The van der Waals surface area contributed by atoms with Crippen molar-refractivity contribution in [2.24, 2.45) is 5.41 Å². The lowest BCUT2D eigenvalue weighted by atomic mass is 9.96. The van der Waals surface area contributed by atoms with Crippen LogP contribution < -0.4 is 4.90 Å². The van der Waals surface area contributed by atoms with E-state index in [1.165, 1.54) is 5.69 Å². The van der Waals surface area contributed by atoms with E-state index in [4.69, 9.17) is 4.98 Å². The van der Waals surface area contributed by atoms with Gasteiger partial charge >= 0.3 is 0 Å². The molecule has 0 unspecified atom stereocenters. The van der Waals surface area contributed by atoms with Gasteiger partial charge in [0.05, 0.1) is 11.7 Å². The smallest absolute Gasteiger partial charge is 0.220 e. The highest BCUT2D eigenvalue weighted by molar-refractivity contribution is 5.74.